The van der Waals surface area contributed by atoms with E-state index in [2.05, 4.69) is 34.5 Å². The quantitative estimate of drug-likeness (QED) is 0.680. The van der Waals surface area contributed by atoms with Crippen LogP contribution in [0.2, 0.25) is 0 Å². The lowest BCUT2D eigenvalue weighted by Crippen LogP contribution is -2.44. The number of ether oxygens (including phenoxy) is 2. The number of fused-ring (bicyclic) bond motifs is 1. The number of rotatable bonds is 6. The summed E-state index contributed by atoms with van der Waals surface area (Å²) in [5, 5.41) is 0. The summed E-state index contributed by atoms with van der Waals surface area (Å²) in [5.74, 6) is 1.33. The van der Waals surface area contributed by atoms with E-state index >= 15 is 0 Å². The van der Waals surface area contributed by atoms with E-state index in [1.807, 2.05) is 24.3 Å². The predicted octanol–water partition coefficient (Wildman–Crippen LogP) is 4.82. The lowest BCUT2D eigenvalue weighted by Gasteiger charge is -2.41. The molecular weight excluding hydrogens is 430 g/mol. The maximum Gasteiger partial charge on any atom is 0.241 e. The maximum atomic E-state index is 13.0. The van der Waals surface area contributed by atoms with Gasteiger partial charge in [0.25, 0.3) is 0 Å². The first-order valence-electron chi connectivity index (χ1n) is 8.98. The van der Waals surface area contributed by atoms with Crippen LogP contribution in [-0.4, -0.2) is 21.1 Å². The van der Waals surface area contributed by atoms with Gasteiger partial charge >= 0.3 is 0 Å². The molecule has 0 aliphatic carbocycles. The van der Waals surface area contributed by atoms with Crippen molar-refractivity contribution in [3.8, 4) is 11.5 Å². The summed E-state index contributed by atoms with van der Waals surface area (Å²) in [6, 6.07) is 12.0. The van der Waals surface area contributed by atoms with Crippen molar-refractivity contribution in [3.63, 3.8) is 0 Å². The standard InChI is InChI=1S/C20H24BrNO4S/c1-4-20(5-2)13-17(15-8-6-7-9-18(15)26-20)22-27(23,24)14-10-11-19(25-3)16(21)12-14/h6-12,17,22H,4-5,13H2,1-3H3. The monoisotopic (exact) mass is 453 g/mol. The number of para-hydroxylation sites is 1. The van der Waals surface area contributed by atoms with Crippen molar-refractivity contribution in [1.82, 2.24) is 4.72 Å². The molecule has 27 heavy (non-hydrogen) atoms. The molecule has 1 aliphatic heterocycles. The van der Waals surface area contributed by atoms with Gasteiger partial charge in [-0.15, -0.1) is 0 Å². The van der Waals surface area contributed by atoms with E-state index in [0.29, 0.717) is 16.6 Å². The third-order valence-electron chi connectivity index (χ3n) is 5.22. The minimum atomic E-state index is -3.71. The number of benzene rings is 2. The van der Waals surface area contributed by atoms with Crippen molar-refractivity contribution in [3.05, 3.63) is 52.5 Å². The van der Waals surface area contributed by atoms with Gasteiger partial charge in [-0.3, -0.25) is 0 Å². The number of sulfonamides is 1. The smallest absolute Gasteiger partial charge is 0.241 e. The van der Waals surface area contributed by atoms with Gasteiger partial charge in [0.15, 0.2) is 0 Å². The summed E-state index contributed by atoms with van der Waals surface area (Å²) in [6.07, 6.45) is 2.21. The molecule has 2 aromatic carbocycles. The molecule has 1 heterocycles. The van der Waals surface area contributed by atoms with Gasteiger partial charge in [-0.25, -0.2) is 13.1 Å². The number of halogens is 1. The van der Waals surface area contributed by atoms with Crippen LogP contribution in [0.4, 0.5) is 0 Å². The van der Waals surface area contributed by atoms with Crippen LogP contribution in [-0.2, 0) is 10.0 Å². The highest BCUT2D eigenvalue weighted by molar-refractivity contribution is 9.10. The van der Waals surface area contributed by atoms with Crippen LogP contribution in [0.15, 0.2) is 51.8 Å². The number of hydrogen-bond donors (Lipinski definition) is 1. The Morgan fingerprint density at radius 2 is 1.93 bits per heavy atom. The van der Waals surface area contributed by atoms with Gasteiger partial charge in [-0.2, -0.15) is 0 Å². The van der Waals surface area contributed by atoms with E-state index in [9.17, 15) is 8.42 Å². The Morgan fingerprint density at radius 1 is 1.22 bits per heavy atom. The molecule has 0 radical (unpaired) electrons. The van der Waals surface area contributed by atoms with E-state index < -0.39 is 10.0 Å². The Hall–Kier alpha value is -1.57. The molecule has 1 N–H and O–H groups in total. The first kappa shape index (κ1) is 20.2. The van der Waals surface area contributed by atoms with E-state index in [4.69, 9.17) is 9.47 Å². The van der Waals surface area contributed by atoms with Gasteiger partial charge in [0.05, 0.1) is 22.5 Å². The minimum Gasteiger partial charge on any atom is -0.496 e. The molecule has 0 bridgehead atoms. The second-order valence-corrected chi connectivity index (χ2v) is 9.27. The SMILES string of the molecule is CCC1(CC)CC(NS(=O)(=O)c2ccc(OC)c(Br)c2)c2ccccc2O1. The number of nitrogens with one attached hydrogen (secondary N) is 1. The molecule has 0 fully saturated rings. The van der Waals surface area contributed by atoms with Crippen LogP contribution in [0.25, 0.3) is 0 Å². The second kappa shape index (κ2) is 7.81. The molecule has 1 unspecified atom stereocenters. The molecule has 0 saturated heterocycles. The average molecular weight is 454 g/mol. The van der Waals surface area contributed by atoms with Gasteiger partial charge in [0, 0.05) is 12.0 Å². The van der Waals surface area contributed by atoms with Crippen LogP contribution in [0.1, 0.15) is 44.7 Å². The van der Waals surface area contributed by atoms with Crippen molar-refractivity contribution >= 4 is 26.0 Å². The van der Waals surface area contributed by atoms with Gasteiger partial charge < -0.3 is 9.47 Å². The first-order chi connectivity index (χ1) is 12.8. The summed E-state index contributed by atoms with van der Waals surface area (Å²) in [7, 11) is -2.17. The fourth-order valence-corrected chi connectivity index (χ4v) is 5.41. The van der Waals surface area contributed by atoms with Crippen LogP contribution in [0.5, 0.6) is 11.5 Å². The van der Waals surface area contributed by atoms with Crippen LogP contribution in [0.3, 0.4) is 0 Å². The fraction of sp³-hybridized carbons (Fsp3) is 0.400. The Labute approximate surface area is 169 Å². The molecule has 1 atom stereocenters. The van der Waals surface area contributed by atoms with E-state index in [1.54, 1.807) is 25.3 Å². The molecule has 0 spiro atoms. The first-order valence-corrected chi connectivity index (χ1v) is 11.3. The predicted molar refractivity (Wildman–Crippen MR) is 109 cm³/mol. The second-order valence-electron chi connectivity index (χ2n) is 6.70. The fourth-order valence-electron chi connectivity index (χ4n) is 3.48. The molecular formula is C20H24BrNO4S. The molecule has 3 rings (SSSR count). The molecule has 0 amide bonds. The minimum absolute atomic E-state index is 0.192. The number of hydrogen-bond acceptors (Lipinski definition) is 4. The Morgan fingerprint density at radius 3 is 2.56 bits per heavy atom. The summed E-state index contributed by atoms with van der Waals surface area (Å²) in [4.78, 5) is 0.192. The van der Waals surface area contributed by atoms with Crippen molar-refractivity contribution in [2.24, 2.45) is 0 Å². The van der Waals surface area contributed by atoms with E-state index in [1.165, 1.54) is 0 Å². The molecule has 5 nitrogen and oxygen atoms in total. The van der Waals surface area contributed by atoms with Crippen LogP contribution in [0, 0.1) is 0 Å². The molecule has 1 aliphatic rings. The van der Waals surface area contributed by atoms with Crippen molar-refractivity contribution in [2.45, 2.75) is 49.6 Å². The molecule has 0 aromatic heterocycles. The summed E-state index contributed by atoms with van der Waals surface area (Å²) in [6.45, 7) is 4.15. The van der Waals surface area contributed by atoms with Gasteiger partial charge in [0.2, 0.25) is 10.0 Å². The maximum absolute atomic E-state index is 13.0. The summed E-state index contributed by atoms with van der Waals surface area (Å²) in [5.41, 5.74) is 0.494. The highest BCUT2D eigenvalue weighted by atomic mass is 79.9. The molecule has 0 saturated carbocycles. The zero-order chi connectivity index (χ0) is 19.7. The zero-order valence-corrected chi connectivity index (χ0v) is 18.1. The third-order valence-corrected chi connectivity index (χ3v) is 7.31. The Balaban J connectivity index is 1.96. The number of methoxy groups -OCH3 is 1. The van der Waals surface area contributed by atoms with Gasteiger partial charge in [-0.05, 0) is 53.0 Å². The van der Waals surface area contributed by atoms with Crippen molar-refractivity contribution < 1.29 is 17.9 Å². The summed E-state index contributed by atoms with van der Waals surface area (Å²) >= 11 is 3.35. The largest absolute Gasteiger partial charge is 0.496 e. The summed E-state index contributed by atoms with van der Waals surface area (Å²) < 4.78 is 41.0. The van der Waals surface area contributed by atoms with Crippen LogP contribution >= 0.6 is 15.9 Å². The topological polar surface area (TPSA) is 64.6 Å². The molecule has 2 aromatic rings. The van der Waals surface area contributed by atoms with Crippen LogP contribution < -0.4 is 14.2 Å². The van der Waals surface area contributed by atoms with Gasteiger partial charge in [-0.1, -0.05) is 32.0 Å². The highest BCUT2D eigenvalue weighted by Gasteiger charge is 2.40. The zero-order valence-electron chi connectivity index (χ0n) is 15.7. The van der Waals surface area contributed by atoms with Crippen molar-refractivity contribution in [2.75, 3.05) is 7.11 Å². The lowest BCUT2D eigenvalue weighted by atomic mass is 9.84. The molecule has 7 heteroatoms. The Kier molecular flexibility index (Phi) is 5.84. The third kappa shape index (κ3) is 4.00. The lowest BCUT2D eigenvalue weighted by molar-refractivity contribution is 0.0260. The highest BCUT2D eigenvalue weighted by Crippen LogP contribution is 2.43. The average Bonchev–Trinajstić information content (AvgIpc) is 2.67. The van der Waals surface area contributed by atoms with E-state index in [-0.39, 0.29) is 16.5 Å². The van der Waals surface area contributed by atoms with Gasteiger partial charge in [0.1, 0.15) is 17.1 Å². The van der Waals surface area contributed by atoms with Crippen molar-refractivity contribution in [1.29, 1.82) is 0 Å². The normalized spacial score (nSPS) is 18.4. The Bertz CT molecular complexity index is 925. The van der Waals surface area contributed by atoms with E-state index in [0.717, 1.165) is 24.2 Å². The molecule has 146 valence electrons.